The molecule has 2 amide bonds. The smallest absolute Gasteiger partial charge is 0.408 e. The summed E-state index contributed by atoms with van der Waals surface area (Å²) in [5.41, 5.74) is 3.90. The van der Waals surface area contributed by atoms with E-state index >= 15 is 4.39 Å². The number of rotatable bonds is 8. The lowest BCUT2D eigenvalue weighted by atomic mass is 9.71. The fraction of sp³-hybridized carbons (Fsp3) is 0.457. The first-order chi connectivity index (χ1) is 20.6. The van der Waals surface area contributed by atoms with Crippen molar-refractivity contribution >= 4 is 17.7 Å². The number of alkyl carbamates (subject to hydrolysis) is 1. The Bertz CT molecular complexity index is 1410. The second kappa shape index (κ2) is 12.8. The number of anilines is 1. The van der Waals surface area contributed by atoms with Gasteiger partial charge >= 0.3 is 6.09 Å². The lowest BCUT2D eigenvalue weighted by molar-refractivity contribution is -0.123. The average Bonchev–Trinajstić information content (AvgIpc) is 2.98. The number of alkyl halides is 1. The number of aromatic nitrogens is 1. The van der Waals surface area contributed by atoms with Gasteiger partial charge in [-0.25, -0.2) is 9.18 Å². The molecule has 2 fully saturated rings. The minimum absolute atomic E-state index is 0.271. The summed E-state index contributed by atoms with van der Waals surface area (Å²) in [6, 6.07) is 20.2. The van der Waals surface area contributed by atoms with Crippen molar-refractivity contribution in [2.75, 3.05) is 12.4 Å². The molecule has 1 unspecified atom stereocenters. The predicted octanol–water partition coefficient (Wildman–Crippen LogP) is 7.37. The third-order valence-electron chi connectivity index (χ3n) is 8.74. The van der Waals surface area contributed by atoms with Crippen molar-refractivity contribution in [2.24, 2.45) is 5.92 Å². The largest absolute Gasteiger partial charge is 0.444 e. The molecule has 0 spiro atoms. The van der Waals surface area contributed by atoms with E-state index in [1.807, 2.05) is 88.5 Å². The van der Waals surface area contributed by atoms with Crippen LogP contribution in [0.25, 0.3) is 22.4 Å². The van der Waals surface area contributed by atoms with Crippen molar-refractivity contribution in [3.05, 3.63) is 72.4 Å². The number of hydrogen-bond acceptors (Lipinski definition) is 5. The summed E-state index contributed by atoms with van der Waals surface area (Å²) in [6.07, 6.45) is 5.48. The summed E-state index contributed by atoms with van der Waals surface area (Å²) >= 11 is 0. The molecule has 5 rings (SSSR count). The highest BCUT2D eigenvalue weighted by molar-refractivity contribution is 5.95. The average molecular weight is 587 g/mol. The molecule has 7 nitrogen and oxygen atoms in total. The Morgan fingerprint density at radius 2 is 1.65 bits per heavy atom. The van der Waals surface area contributed by atoms with E-state index in [1.54, 1.807) is 6.20 Å². The number of nitrogens with zero attached hydrogens (tertiary/aromatic N) is 1. The Hall–Kier alpha value is -3.78. The van der Waals surface area contributed by atoms with Gasteiger partial charge in [0, 0.05) is 17.2 Å². The van der Waals surface area contributed by atoms with Gasteiger partial charge in [0.15, 0.2) is 6.17 Å². The number of carbonyl (C=O) groups excluding carboxylic acids is 2. The topological polar surface area (TPSA) is 92.4 Å². The predicted molar refractivity (Wildman–Crippen MR) is 168 cm³/mol. The molecule has 43 heavy (non-hydrogen) atoms. The summed E-state index contributed by atoms with van der Waals surface area (Å²) in [6.45, 7) is 5.57. The van der Waals surface area contributed by atoms with Gasteiger partial charge in [0.05, 0.1) is 23.1 Å². The molecule has 8 heteroatoms. The highest BCUT2D eigenvalue weighted by Crippen LogP contribution is 2.42. The zero-order valence-corrected chi connectivity index (χ0v) is 25.6. The van der Waals surface area contributed by atoms with Crippen LogP contribution >= 0.6 is 0 Å². The number of benzene rings is 2. The van der Waals surface area contributed by atoms with Crippen LogP contribution in [-0.2, 0) is 15.1 Å². The molecular formula is C35H43FN4O3. The molecule has 1 heterocycles. The van der Waals surface area contributed by atoms with E-state index in [-0.39, 0.29) is 5.92 Å². The molecule has 0 aliphatic heterocycles. The second-order valence-corrected chi connectivity index (χ2v) is 12.9. The third kappa shape index (κ3) is 7.24. The molecule has 2 aromatic carbocycles. The summed E-state index contributed by atoms with van der Waals surface area (Å²) < 4.78 is 20.7. The number of pyridine rings is 1. The van der Waals surface area contributed by atoms with Gasteiger partial charge in [-0.2, -0.15) is 0 Å². The van der Waals surface area contributed by atoms with Gasteiger partial charge in [-0.3, -0.25) is 9.78 Å². The van der Waals surface area contributed by atoms with E-state index in [2.05, 4.69) is 16.0 Å². The fourth-order valence-corrected chi connectivity index (χ4v) is 6.19. The van der Waals surface area contributed by atoms with Crippen molar-refractivity contribution < 1.29 is 18.7 Å². The standard InChI is InChI=1S/C35H43FN4O3/c1-34(2,3)43-33(42)40-35(19-8-20-35)26-15-11-25(12-16-26)31-29(23-9-6-5-7-10-23)21-28(22-38-31)39-32(41)30(36)24-13-17-27(37-4)18-14-24/h5-7,9-12,15-16,21-22,24,27,30,37H,8,13-14,17-20H2,1-4H3,(H,39,41)(H,40,42). The van der Waals surface area contributed by atoms with Crippen molar-refractivity contribution in [2.45, 2.75) is 89.1 Å². The summed E-state index contributed by atoms with van der Waals surface area (Å²) in [4.78, 5) is 30.3. The van der Waals surface area contributed by atoms with Crippen molar-refractivity contribution in [3.8, 4) is 22.4 Å². The highest BCUT2D eigenvalue weighted by Gasteiger charge is 2.41. The molecule has 1 atom stereocenters. The van der Waals surface area contributed by atoms with E-state index in [0.29, 0.717) is 24.6 Å². The fourth-order valence-electron chi connectivity index (χ4n) is 6.19. The molecular weight excluding hydrogens is 543 g/mol. The molecule has 0 radical (unpaired) electrons. The lowest BCUT2D eigenvalue weighted by Crippen LogP contribution is -2.52. The second-order valence-electron chi connectivity index (χ2n) is 12.9. The Labute approximate surface area is 254 Å². The van der Waals surface area contributed by atoms with Crippen molar-refractivity contribution in [1.29, 1.82) is 0 Å². The van der Waals surface area contributed by atoms with Gasteiger partial charge in [-0.05, 0) is 95.9 Å². The number of ether oxygens (including phenoxy) is 1. The number of carbonyl (C=O) groups is 2. The molecule has 0 bridgehead atoms. The van der Waals surface area contributed by atoms with Crippen LogP contribution in [0.5, 0.6) is 0 Å². The van der Waals surface area contributed by atoms with E-state index in [1.165, 1.54) is 0 Å². The number of halogens is 1. The number of amides is 2. The lowest BCUT2D eigenvalue weighted by Gasteiger charge is -2.43. The quantitative estimate of drug-likeness (QED) is 0.256. The van der Waals surface area contributed by atoms with Gasteiger partial charge in [-0.15, -0.1) is 0 Å². The zero-order valence-electron chi connectivity index (χ0n) is 25.6. The molecule has 2 aliphatic rings. The van der Waals surface area contributed by atoms with Crippen LogP contribution in [0.15, 0.2) is 66.9 Å². The summed E-state index contributed by atoms with van der Waals surface area (Å²) in [5, 5.41) is 9.15. The van der Waals surface area contributed by atoms with Gasteiger partial charge < -0.3 is 20.7 Å². The van der Waals surface area contributed by atoms with Crippen LogP contribution in [0.1, 0.15) is 71.3 Å². The molecule has 1 aromatic heterocycles. The first-order valence-electron chi connectivity index (χ1n) is 15.4. The van der Waals surface area contributed by atoms with Gasteiger partial charge in [-0.1, -0.05) is 54.6 Å². The van der Waals surface area contributed by atoms with E-state index in [9.17, 15) is 9.59 Å². The minimum atomic E-state index is -1.56. The van der Waals surface area contributed by atoms with Crippen LogP contribution in [-0.4, -0.2) is 41.8 Å². The monoisotopic (exact) mass is 586 g/mol. The van der Waals surface area contributed by atoms with Crippen LogP contribution in [0, 0.1) is 5.92 Å². The van der Waals surface area contributed by atoms with E-state index in [4.69, 9.17) is 9.72 Å². The van der Waals surface area contributed by atoms with Gasteiger partial charge in [0.25, 0.3) is 5.91 Å². The Balaban J connectivity index is 1.36. The molecule has 0 saturated heterocycles. The maximum Gasteiger partial charge on any atom is 0.408 e. The molecule has 2 saturated carbocycles. The molecule has 3 N–H and O–H groups in total. The highest BCUT2D eigenvalue weighted by atomic mass is 19.1. The maximum absolute atomic E-state index is 15.2. The summed E-state index contributed by atoms with van der Waals surface area (Å²) in [7, 11) is 1.93. The van der Waals surface area contributed by atoms with Crippen LogP contribution in [0.4, 0.5) is 14.9 Å². The molecule has 2 aliphatic carbocycles. The van der Waals surface area contributed by atoms with Crippen LogP contribution in [0.2, 0.25) is 0 Å². The van der Waals surface area contributed by atoms with Crippen molar-refractivity contribution in [3.63, 3.8) is 0 Å². The summed E-state index contributed by atoms with van der Waals surface area (Å²) in [5.74, 6) is -0.887. The zero-order chi connectivity index (χ0) is 30.6. The minimum Gasteiger partial charge on any atom is -0.444 e. The normalized spacial score (nSPS) is 20.4. The Kier molecular flexibility index (Phi) is 9.16. The first-order valence-corrected chi connectivity index (χ1v) is 15.4. The van der Waals surface area contributed by atoms with Gasteiger partial charge in [0.1, 0.15) is 5.60 Å². The Morgan fingerprint density at radius 1 is 0.977 bits per heavy atom. The third-order valence-corrected chi connectivity index (χ3v) is 8.74. The van der Waals surface area contributed by atoms with E-state index < -0.39 is 29.3 Å². The molecule has 228 valence electrons. The number of hydrogen-bond donors (Lipinski definition) is 3. The maximum atomic E-state index is 15.2. The first kappa shape index (κ1) is 30.7. The van der Waals surface area contributed by atoms with Gasteiger partial charge in [0.2, 0.25) is 0 Å². The molecule has 3 aromatic rings. The SMILES string of the molecule is CNC1CCC(C(F)C(=O)Nc2cnc(-c3ccc(C4(NC(=O)OC(C)(C)C)CCC4)cc3)c(-c3ccccc3)c2)CC1. The van der Waals surface area contributed by atoms with E-state index in [0.717, 1.165) is 60.1 Å². The van der Waals surface area contributed by atoms with Crippen molar-refractivity contribution in [1.82, 2.24) is 15.6 Å². The van der Waals surface area contributed by atoms with Crippen LogP contribution in [0.3, 0.4) is 0 Å². The number of nitrogens with one attached hydrogen (secondary N) is 3. The Morgan fingerprint density at radius 3 is 2.23 bits per heavy atom. The van der Waals surface area contributed by atoms with Crippen LogP contribution < -0.4 is 16.0 Å².